The standard InChI is InChI=1S/C25H18NP/c1-3-11-20(12-4-1)27(21-13-5-2-6-14-21)24-17-9-16-23-22-15-8-7-10-19(22)18-26-25(23)24/h1-18H. The van der Waals surface area contributed by atoms with E-state index in [0.717, 1.165) is 5.52 Å². The maximum Gasteiger partial charge on any atom is 0.0791 e. The molecule has 0 bridgehead atoms. The Hall–Kier alpha value is -3.02. The Morgan fingerprint density at radius 3 is 1.81 bits per heavy atom. The molecule has 1 heterocycles. The highest BCUT2D eigenvalue weighted by molar-refractivity contribution is 7.80. The summed E-state index contributed by atoms with van der Waals surface area (Å²) in [7, 11) is -0.664. The molecule has 2 heteroatoms. The summed E-state index contributed by atoms with van der Waals surface area (Å²) in [6.45, 7) is 0. The van der Waals surface area contributed by atoms with Crippen LogP contribution >= 0.6 is 7.92 Å². The molecule has 0 amide bonds. The average Bonchev–Trinajstić information content (AvgIpc) is 2.75. The number of aromatic nitrogens is 1. The summed E-state index contributed by atoms with van der Waals surface area (Å²) >= 11 is 0. The summed E-state index contributed by atoms with van der Waals surface area (Å²) in [6, 6.07) is 36.7. The van der Waals surface area contributed by atoms with Crippen LogP contribution in [0.3, 0.4) is 0 Å². The van der Waals surface area contributed by atoms with Crippen molar-refractivity contribution in [2.45, 2.75) is 0 Å². The molecule has 128 valence electrons. The summed E-state index contributed by atoms with van der Waals surface area (Å²) < 4.78 is 0. The molecular weight excluding hydrogens is 345 g/mol. The maximum atomic E-state index is 4.90. The molecular formula is C25H18NP. The van der Waals surface area contributed by atoms with E-state index in [1.54, 1.807) is 0 Å². The number of benzene rings is 4. The van der Waals surface area contributed by atoms with Gasteiger partial charge < -0.3 is 0 Å². The molecule has 0 aliphatic heterocycles. The topological polar surface area (TPSA) is 12.9 Å². The van der Waals surface area contributed by atoms with Gasteiger partial charge in [-0.25, -0.2) is 0 Å². The maximum absolute atomic E-state index is 4.90. The molecule has 0 spiro atoms. The number of pyridine rings is 1. The monoisotopic (exact) mass is 363 g/mol. The molecule has 4 aromatic carbocycles. The molecule has 1 aromatic heterocycles. The third kappa shape index (κ3) is 2.91. The van der Waals surface area contributed by atoms with E-state index in [1.807, 2.05) is 6.20 Å². The normalized spacial score (nSPS) is 11.3. The van der Waals surface area contributed by atoms with Gasteiger partial charge in [0.2, 0.25) is 0 Å². The van der Waals surface area contributed by atoms with Crippen molar-refractivity contribution in [3.05, 3.63) is 109 Å². The van der Waals surface area contributed by atoms with Crippen LogP contribution in [0.1, 0.15) is 0 Å². The molecule has 5 rings (SSSR count). The van der Waals surface area contributed by atoms with Crippen LogP contribution in [0.5, 0.6) is 0 Å². The summed E-state index contributed by atoms with van der Waals surface area (Å²) in [6.07, 6.45) is 2.00. The molecule has 0 unspecified atom stereocenters. The summed E-state index contributed by atoms with van der Waals surface area (Å²) in [5.41, 5.74) is 1.11. The van der Waals surface area contributed by atoms with Crippen LogP contribution in [0, 0.1) is 0 Å². The lowest BCUT2D eigenvalue weighted by Gasteiger charge is -2.21. The first-order valence-corrected chi connectivity index (χ1v) is 10.4. The van der Waals surface area contributed by atoms with Crippen LogP contribution in [0.2, 0.25) is 0 Å². The first kappa shape index (κ1) is 16.2. The Kier molecular flexibility index (Phi) is 4.16. The van der Waals surface area contributed by atoms with Crippen LogP contribution < -0.4 is 15.9 Å². The summed E-state index contributed by atoms with van der Waals surface area (Å²) in [5.74, 6) is 0. The number of rotatable bonds is 3. The van der Waals surface area contributed by atoms with Crippen molar-refractivity contribution in [1.29, 1.82) is 0 Å². The van der Waals surface area contributed by atoms with Gasteiger partial charge in [0.1, 0.15) is 0 Å². The van der Waals surface area contributed by atoms with Crippen molar-refractivity contribution in [3.63, 3.8) is 0 Å². The first-order chi connectivity index (χ1) is 13.4. The molecule has 27 heavy (non-hydrogen) atoms. The van der Waals surface area contributed by atoms with Crippen molar-refractivity contribution < 1.29 is 0 Å². The lowest BCUT2D eigenvalue weighted by Crippen LogP contribution is -2.21. The molecule has 0 aliphatic carbocycles. The number of nitrogens with zero attached hydrogens (tertiary/aromatic N) is 1. The van der Waals surface area contributed by atoms with E-state index in [-0.39, 0.29) is 0 Å². The van der Waals surface area contributed by atoms with Crippen molar-refractivity contribution in [1.82, 2.24) is 4.98 Å². The van der Waals surface area contributed by atoms with Crippen molar-refractivity contribution in [2.24, 2.45) is 0 Å². The Labute approximate surface area is 160 Å². The molecule has 0 atom stereocenters. The Bertz CT molecular complexity index is 1180. The van der Waals surface area contributed by atoms with E-state index < -0.39 is 7.92 Å². The third-order valence-electron chi connectivity index (χ3n) is 4.87. The van der Waals surface area contributed by atoms with Crippen molar-refractivity contribution in [2.75, 3.05) is 0 Å². The zero-order chi connectivity index (χ0) is 18.1. The molecule has 0 saturated heterocycles. The van der Waals surface area contributed by atoms with E-state index in [0.29, 0.717) is 0 Å². The molecule has 0 aliphatic rings. The first-order valence-electron chi connectivity index (χ1n) is 9.08. The van der Waals surface area contributed by atoms with E-state index in [9.17, 15) is 0 Å². The molecule has 0 radical (unpaired) electrons. The fraction of sp³-hybridized carbons (Fsp3) is 0. The second-order valence-electron chi connectivity index (χ2n) is 6.53. The quantitative estimate of drug-likeness (QED) is 0.319. The predicted octanol–water partition coefficient (Wildman–Crippen LogP) is 5.15. The van der Waals surface area contributed by atoms with Gasteiger partial charge in [-0.05, 0) is 23.9 Å². The van der Waals surface area contributed by atoms with Crippen LogP contribution in [0.25, 0.3) is 21.7 Å². The number of hydrogen-bond acceptors (Lipinski definition) is 1. The van der Waals surface area contributed by atoms with E-state index in [2.05, 4.69) is 103 Å². The van der Waals surface area contributed by atoms with Gasteiger partial charge in [0.05, 0.1) is 5.52 Å². The fourth-order valence-corrected chi connectivity index (χ4v) is 6.06. The van der Waals surface area contributed by atoms with Gasteiger partial charge >= 0.3 is 0 Å². The van der Waals surface area contributed by atoms with Gasteiger partial charge in [-0.3, -0.25) is 4.98 Å². The van der Waals surface area contributed by atoms with E-state index in [1.165, 1.54) is 32.1 Å². The minimum atomic E-state index is -0.664. The Morgan fingerprint density at radius 2 is 1.11 bits per heavy atom. The van der Waals surface area contributed by atoms with Crippen LogP contribution in [0.4, 0.5) is 0 Å². The van der Waals surface area contributed by atoms with Gasteiger partial charge in [0.25, 0.3) is 0 Å². The molecule has 0 saturated carbocycles. The minimum Gasteiger partial charge on any atom is -0.255 e. The minimum absolute atomic E-state index is 0.664. The molecule has 5 aromatic rings. The third-order valence-corrected chi connectivity index (χ3v) is 7.34. The SMILES string of the molecule is c1ccc(P(c2ccccc2)c2cccc3c2ncc2ccccc23)cc1. The summed E-state index contributed by atoms with van der Waals surface area (Å²) in [5, 5.41) is 7.68. The highest BCUT2D eigenvalue weighted by Crippen LogP contribution is 2.36. The molecule has 1 nitrogen and oxygen atoms in total. The van der Waals surface area contributed by atoms with Crippen LogP contribution in [-0.2, 0) is 0 Å². The van der Waals surface area contributed by atoms with Crippen molar-refractivity contribution in [3.8, 4) is 0 Å². The van der Waals surface area contributed by atoms with Crippen molar-refractivity contribution >= 4 is 45.5 Å². The van der Waals surface area contributed by atoms with Gasteiger partial charge in [-0.1, -0.05) is 103 Å². The fourth-order valence-electron chi connectivity index (χ4n) is 3.64. The lowest BCUT2D eigenvalue weighted by molar-refractivity contribution is 1.46. The second-order valence-corrected chi connectivity index (χ2v) is 8.71. The highest BCUT2D eigenvalue weighted by Gasteiger charge is 2.19. The summed E-state index contributed by atoms with van der Waals surface area (Å²) in [4.78, 5) is 4.90. The average molecular weight is 363 g/mol. The van der Waals surface area contributed by atoms with Crippen LogP contribution in [0.15, 0.2) is 109 Å². The van der Waals surface area contributed by atoms with Gasteiger partial charge in [-0.15, -0.1) is 0 Å². The Morgan fingerprint density at radius 1 is 0.519 bits per heavy atom. The largest absolute Gasteiger partial charge is 0.255 e. The zero-order valence-electron chi connectivity index (χ0n) is 14.8. The van der Waals surface area contributed by atoms with E-state index >= 15 is 0 Å². The van der Waals surface area contributed by atoms with Gasteiger partial charge in [0, 0.05) is 22.3 Å². The smallest absolute Gasteiger partial charge is 0.0791 e. The lowest BCUT2D eigenvalue weighted by atomic mass is 10.1. The second kappa shape index (κ2) is 6.95. The van der Waals surface area contributed by atoms with Gasteiger partial charge in [0.15, 0.2) is 0 Å². The molecule has 0 fully saturated rings. The zero-order valence-corrected chi connectivity index (χ0v) is 15.7. The van der Waals surface area contributed by atoms with Gasteiger partial charge in [-0.2, -0.15) is 0 Å². The molecule has 0 N–H and O–H groups in total. The Balaban J connectivity index is 1.82. The number of fused-ring (bicyclic) bond motifs is 3. The number of para-hydroxylation sites is 1. The van der Waals surface area contributed by atoms with Crippen LogP contribution in [-0.4, -0.2) is 4.98 Å². The highest BCUT2D eigenvalue weighted by atomic mass is 31.1. The predicted molar refractivity (Wildman–Crippen MR) is 118 cm³/mol. The van der Waals surface area contributed by atoms with E-state index in [4.69, 9.17) is 4.98 Å². The number of hydrogen-bond donors (Lipinski definition) is 0.